The first kappa shape index (κ1) is 17.7. The van der Waals surface area contributed by atoms with Gasteiger partial charge in [-0.1, -0.05) is 12.6 Å². The van der Waals surface area contributed by atoms with Gasteiger partial charge in [0.1, 0.15) is 0 Å². The van der Waals surface area contributed by atoms with Gasteiger partial charge in [0.25, 0.3) is 5.56 Å². The van der Waals surface area contributed by atoms with Gasteiger partial charge in [-0.2, -0.15) is 0 Å². The number of fused-ring (bicyclic) bond motifs is 1. The second-order valence-corrected chi connectivity index (χ2v) is 9.50. The van der Waals surface area contributed by atoms with Crippen molar-refractivity contribution in [1.29, 1.82) is 0 Å². The van der Waals surface area contributed by atoms with E-state index >= 15 is 0 Å². The van der Waals surface area contributed by atoms with E-state index in [1.807, 2.05) is 31.3 Å². The van der Waals surface area contributed by atoms with Gasteiger partial charge in [0.15, 0.2) is 0 Å². The van der Waals surface area contributed by atoms with Crippen molar-refractivity contribution in [2.45, 2.75) is 44.9 Å². The van der Waals surface area contributed by atoms with Gasteiger partial charge in [-0.25, -0.2) is 0 Å². The first-order valence-electron chi connectivity index (χ1n) is 10.5. The lowest BCUT2D eigenvalue weighted by atomic mass is 9.49. The minimum absolute atomic E-state index is 0.101. The van der Waals surface area contributed by atoms with Crippen LogP contribution in [0.5, 0.6) is 0 Å². The number of carbonyl (C=O) groups is 1. The van der Waals surface area contributed by atoms with Crippen molar-refractivity contribution in [2.24, 2.45) is 23.2 Å². The van der Waals surface area contributed by atoms with Crippen LogP contribution in [0.2, 0.25) is 0 Å². The molecule has 1 aromatic carbocycles. The SMILES string of the molecule is C=Cn1ccc2c(N(C)C(=O)CC34CC5CC(CC(C5)C3)C4)cccc2c1=O. The van der Waals surface area contributed by atoms with Crippen molar-refractivity contribution in [1.82, 2.24) is 4.57 Å². The topological polar surface area (TPSA) is 42.3 Å². The van der Waals surface area contributed by atoms with Crippen LogP contribution in [0.25, 0.3) is 17.0 Å². The summed E-state index contributed by atoms with van der Waals surface area (Å²) in [6.45, 7) is 3.69. The van der Waals surface area contributed by atoms with E-state index in [9.17, 15) is 9.59 Å². The van der Waals surface area contributed by atoms with Gasteiger partial charge in [0.05, 0.1) is 5.69 Å². The Morgan fingerprint density at radius 2 is 1.79 bits per heavy atom. The summed E-state index contributed by atoms with van der Waals surface area (Å²) < 4.78 is 1.48. The molecule has 0 aliphatic heterocycles. The largest absolute Gasteiger partial charge is 0.315 e. The summed E-state index contributed by atoms with van der Waals surface area (Å²) in [6.07, 6.45) is 11.8. The molecule has 0 spiro atoms. The quantitative estimate of drug-likeness (QED) is 0.778. The van der Waals surface area contributed by atoms with Crippen molar-refractivity contribution in [2.75, 3.05) is 11.9 Å². The number of nitrogens with zero attached hydrogens (tertiary/aromatic N) is 2. The van der Waals surface area contributed by atoms with Gasteiger partial charge < -0.3 is 4.90 Å². The van der Waals surface area contributed by atoms with Crippen LogP contribution in [0.15, 0.2) is 41.8 Å². The molecule has 4 heteroatoms. The number of benzene rings is 1. The number of carbonyl (C=O) groups excluding carboxylic acids is 1. The maximum absolute atomic E-state index is 13.3. The summed E-state index contributed by atoms with van der Waals surface area (Å²) in [5.41, 5.74) is 0.942. The molecule has 0 unspecified atom stereocenters. The van der Waals surface area contributed by atoms with Crippen molar-refractivity contribution in [3.8, 4) is 0 Å². The van der Waals surface area contributed by atoms with E-state index in [4.69, 9.17) is 0 Å². The lowest BCUT2D eigenvalue weighted by molar-refractivity contribution is -0.126. The van der Waals surface area contributed by atoms with Gasteiger partial charge in [-0.05, 0) is 79.9 Å². The highest BCUT2D eigenvalue weighted by Gasteiger charge is 2.51. The van der Waals surface area contributed by atoms with Crippen molar-refractivity contribution in [3.63, 3.8) is 0 Å². The maximum Gasteiger partial charge on any atom is 0.262 e. The van der Waals surface area contributed by atoms with Crippen molar-refractivity contribution >= 4 is 28.6 Å². The molecule has 6 rings (SSSR count). The second kappa shape index (κ2) is 6.33. The highest BCUT2D eigenvalue weighted by Crippen LogP contribution is 2.61. The van der Waals surface area contributed by atoms with Crippen LogP contribution in [-0.4, -0.2) is 17.5 Å². The molecule has 1 aromatic heterocycles. The van der Waals surface area contributed by atoms with E-state index < -0.39 is 0 Å². The zero-order chi connectivity index (χ0) is 19.5. The van der Waals surface area contributed by atoms with Crippen LogP contribution in [-0.2, 0) is 4.79 Å². The highest BCUT2D eigenvalue weighted by molar-refractivity contribution is 6.03. The lowest BCUT2D eigenvalue weighted by Gasteiger charge is -2.56. The molecule has 0 radical (unpaired) electrons. The Hall–Kier alpha value is -2.36. The highest BCUT2D eigenvalue weighted by atomic mass is 16.2. The molecule has 0 saturated heterocycles. The van der Waals surface area contributed by atoms with Crippen LogP contribution in [0, 0.1) is 23.2 Å². The van der Waals surface area contributed by atoms with Crippen molar-refractivity contribution < 1.29 is 4.79 Å². The normalized spacial score (nSPS) is 30.5. The van der Waals surface area contributed by atoms with Gasteiger partial charge >= 0.3 is 0 Å². The number of aromatic nitrogens is 1. The smallest absolute Gasteiger partial charge is 0.262 e. The fourth-order valence-corrected chi connectivity index (χ4v) is 6.79. The van der Waals surface area contributed by atoms with Gasteiger partial charge in [0.2, 0.25) is 5.91 Å². The van der Waals surface area contributed by atoms with Crippen LogP contribution >= 0.6 is 0 Å². The summed E-state index contributed by atoms with van der Waals surface area (Å²) in [6, 6.07) is 7.53. The first-order chi connectivity index (χ1) is 13.5. The molecule has 1 heterocycles. The minimum Gasteiger partial charge on any atom is -0.315 e. The summed E-state index contributed by atoms with van der Waals surface area (Å²) in [5.74, 6) is 2.72. The summed E-state index contributed by atoms with van der Waals surface area (Å²) >= 11 is 0. The molecule has 4 fully saturated rings. The van der Waals surface area contributed by atoms with E-state index in [2.05, 4.69) is 6.58 Å². The van der Waals surface area contributed by atoms with Gasteiger partial charge in [-0.3, -0.25) is 14.2 Å². The number of anilines is 1. The molecule has 146 valence electrons. The van der Waals surface area contributed by atoms with E-state index in [1.165, 1.54) is 49.3 Å². The summed E-state index contributed by atoms with van der Waals surface area (Å²) in [4.78, 5) is 27.7. The third-order valence-corrected chi connectivity index (χ3v) is 7.57. The number of amides is 1. The number of hydrogen-bond donors (Lipinski definition) is 0. The molecule has 28 heavy (non-hydrogen) atoms. The summed E-state index contributed by atoms with van der Waals surface area (Å²) in [5, 5.41) is 1.45. The van der Waals surface area contributed by atoms with Crippen LogP contribution in [0.3, 0.4) is 0 Å². The van der Waals surface area contributed by atoms with E-state index in [0.717, 1.165) is 28.8 Å². The summed E-state index contributed by atoms with van der Waals surface area (Å²) in [7, 11) is 1.86. The fraction of sp³-hybridized carbons (Fsp3) is 0.500. The zero-order valence-electron chi connectivity index (χ0n) is 16.6. The molecule has 4 aliphatic rings. The fourth-order valence-electron chi connectivity index (χ4n) is 6.79. The molecule has 4 saturated carbocycles. The van der Waals surface area contributed by atoms with Crippen LogP contribution < -0.4 is 10.5 Å². The third-order valence-electron chi connectivity index (χ3n) is 7.57. The first-order valence-corrected chi connectivity index (χ1v) is 10.5. The Bertz CT molecular complexity index is 984. The average Bonchev–Trinajstić information content (AvgIpc) is 2.66. The van der Waals surface area contributed by atoms with Gasteiger partial charge in [-0.15, -0.1) is 0 Å². The minimum atomic E-state index is -0.101. The molecular weight excluding hydrogens is 348 g/mol. The average molecular weight is 377 g/mol. The maximum atomic E-state index is 13.3. The number of rotatable bonds is 4. The molecule has 4 aliphatic carbocycles. The Balaban J connectivity index is 1.44. The van der Waals surface area contributed by atoms with E-state index in [-0.39, 0.29) is 16.9 Å². The Kier molecular flexibility index (Phi) is 4.01. The monoisotopic (exact) mass is 376 g/mol. The predicted octanol–water partition coefficient (Wildman–Crippen LogP) is 4.67. The predicted molar refractivity (Wildman–Crippen MR) is 113 cm³/mol. The Morgan fingerprint density at radius 1 is 1.14 bits per heavy atom. The third kappa shape index (κ3) is 2.73. The van der Waals surface area contributed by atoms with E-state index in [0.29, 0.717) is 11.8 Å². The standard InChI is InChI=1S/C24H28N2O2/c1-3-26-8-7-19-20(23(26)28)5-4-6-21(19)25(2)22(27)15-24-12-16-9-17(13-24)11-18(10-16)14-24/h3-8,16-18H,1,9-15H2,2H3. The van der Waals surface area contributed by atoms with Crippen LogP contribution in [0.4, 0.5) is 5.69 Å². The van der Waals surface area contributed by atoms with Crippen LogP contribution in [0.1, 0.15) is 44.9 Å². The number of pyridine rings is 1. The van der Waals surface area contributed by atoms with Gasteiger partial charge in [0, 0.05) is 36.6 Å². The van der Waals surface area contributed by atoms with E-state index in [1.54, 1.807) is 11.1 Å². The van der Waals surface area contributed by atoms with Crippen molar-refractivity contribution in [3.05, 3.63) is 47.4 Å². The molecule has 4 bridgehead atoms. The molecular formula is C24H28N2O2. The second-order valence-electron chi connectivity index (χ2n) is 9.50. The molecule has 4 nitrogen and oxygen atoms in total. The Labute approximate surface area is 165 Å². The molecule has 1 amide bonds. The molecule has 0 N–H and O–H groups in total. The molecule has 0 atom stereocenters. The zero-order valence-corrected chi connectivity index (χ0v) is 16.6. The Morgan fingerprint density at radius 3 is 2.39 bits per heavy atom. The molecule has 2 aromatic rings. The number of hydrogen-bond acceptors (Lipinski definition) is 2. The lowest BCUT2D eigenvalue weighted by Crippen LogP contribution is -2.48.